The van der Waals surface area contributed by atoms with Gasteiger partial charge in [0.25, 0.3) is 0 Å². The second-order valence-corrected chi connectivity index (χ2v) is 8.09. The molecule has 2 amide bonds. The highest BCUT2D eigenvalue weighted by atomic mass is 16.5. The van der Waals surface area contributed by atoms with E-state index in [0.717, 1.165) is 17.0 Å². The van der Waals surface area contributed by atoms with E-state index in [-0.39, 0.29) is 30.3 Å². The first-order chi connectivity index (χ1) is 15.4. The Hall–Kier alpha value is -3.74. The third-order valence-electron chi connectivity index (χ3n) is 5.55. The molecule has 1 aliphatic rings. The van der Waals surface area contributed by atoms with Crippen molar-refractivity contribution in [1.82, 2.24) is 14.9 Å². The summed E-state index contributed by atoms with van der Waals surface area (Å²) >= 11 is 0. The molecule has 4 rings (SSSR count). The lowest BCUT2D eigenvalue weighted by Crippen LogP contribution is -2.30. The number of aromatic nitrogens is 2. The zero-order chi connectivity index (χ0) is 22.7. The highest BCUT2D eigenvalue weighted by Crippen LogP contribution is 2.29. The predicted molar refractivity (Wildman–Crippen MR) is 121 cm³/mol. The number of carbonyl (C=O) groups is 2. The van der Waals surface area contributed by atoms with Crippen LogP contribution in [-0.2, 0) is 9.59 Å². The van der Waals surface area contributed by atoms with E-state index in [4.69, 9.17) is 4.74 Å². The molecule has 1 fully saturated rings. The normalized spacial score (nSPS) is 16.7. The lowest BCUT2D eigenvalue weighted by Gasteiger charge is -2.25. The van der Waals surface area contributed by atoms with Gasteiger partial charge in [0.05, 0.1) is 12.0 Å². The molecule has 2 heterocycles. The fourth-order valence-corrected chi connectivity index (χ4v) is 3.92. The largest absolute Gasteiger partial charge is 0.424 e. The van der Waals surface area contributed by atoms with Crippen LogP contribution in [0.2, 0.25) is 0 Å². The molecule has 2 atom stereocenters. The van der Waals surface area contributed by atoms with Crippen LogP contribution >= 0.6 is 0 Å². The first kappa shape index (κ1) is 21.5. The number of likely N-dealkylation sites (tertiary alicyclic amines) is 1. The number of aryl methyl sites for hydroxylation is 2. The molecule has 1 saturated heterocycles. The van der Waals surface area contributed by atoms with Crippen LogP contribution in [0.25, 0.3) is 0 Å². The summed E-state index contributed by atoms with van der Waals surface area (Å²) in [6.45, 7) is 6.14. The molecule has 2 aromatic carbocycles. The molecule has 2 unspecified atom stereocenters. The Morgan fingerprint density at radius 2 is 1.78 bits per heavy atom. The number of benzene rings is 2. The predicted octanol–water partition coefficient (Wildman–Crippen LogP) is 4.43. The van der Waals surface area contributed by atoms with E-state index in [1.165, 1.54) is 0 Å². The zero-order valence-electron chi connectivity index (χ0n) is 18.4. The lowest BCUT2D eigenvalue weighted by atomic mass is 10.1. The molecule has 7 heteroatoms. The van der Waals surface area contributed by atoms with Crippen molar-refractivity contribution in [3.05, 3.63) is 77.6 Å². The van der Waals surface area contributed by atoms with Gasteiger partial charge in [-0.05, 0) is 44.5 Å². The van der Waals surface area contributed by atoms with Crippen molar-refractivity contribution in [2.75, 3.05) is 11.9 Å². The van der Waals surface area contributed by atoms with Gasteiger partial charge < -0.3 is 15.0 Å². The van der Waals surface area contributed by atoms with E-state index in [1.807, 2.05) is 57.2 Å². The van der Waals surface area contributed by atoms with Crippen molar-refractivity contribution < 1.29 is 14.3 Å². The monoisotopic (exact) mass is 430 g/mol. The SMILES string of the molecule is Cc1cc(C)nc(Oc2cccc(NC(=O)C3CC(=O)N(C(C)c4ccccc4)C3)c2)n1. The topological polar surface area (TPSA) is 84.4 Å². The number of nitrogens with one attached hydrogen (secondary N) is 1. The van der Waals surface area contributed by atoms with Crippen LogP contribution in [0.3, 0.4) is 0 Å². The third-order valence-corrected chi connectivity index (χ3v) is 5.55. The molecule has 0 aliphatic carbocycles. The van der Waals surface area contributed by atoms with Crippen molar-refractivity contribution in [2.24, 2.45) is 5.92 Å². The second-order valence-electron chi connectivity index (χ2n) is 8.09. The van der Waals surface area contributed by atoms with Crippen molar-refractivity contribution in [2.45, 2.75) is 33.2 Å². The summed E-state index contributed by atoms with van der Waals surface area (Å²) in [6, 6.07) is 19.0. The van der Waals surface area contributed by atoms with Crippen molar-refractivity contribution in [3.8, 4) is 11.8 Å². The molecule has 0 bridgehead atoms. The van der Waals surface area contributed by atoms with Crippen LogP contribution in [0.15, 0.2) is 60.7 Å². The van der Waals surface area contributed by atoms with E-state index in [0.29, 0.717) is 18.0 Å². The summed E-state index contributed by atoms with van der Waals surface area (Å²) < 4.78 is 5.77. The van der Waals surface area contributed by atoms with Gasteiger partial charge >= 0.3 is 6.01 Å². The first-order valence-corrected chi connectivity index (χ1v) is 10.6. The fourth-order valence-electron chi connectivity index (χ4n) is 3.92. The van der Waals surface area contributed by atoms with Crippen LogP contribution < -0.4 is 10.1 Å². The van der Waals surface area contributed by atoms with Crippen molar-refractivity contribution >= 4 is 17.5 Å². The van der Waals surface area contributed by atoms with E-state index in [2.05, 4.69) is 15.3 Å². The number of hydrogen-bond acceptors (Lipinski definition) is 5. The van der Waals surface area contributed by atoms with E-state index in [9.17, 15) is 9.59 Å². The minimum absolute atomic E-state index is 0.00875. The van der Waals surface area contributed by atoms with Gasteiger partial charge in [0.15, 0.2) is 0 Å². The highest BCUT2D eigenvalue weighted by Gasteiger charge is 2.37. The number of rotatable bonds is 6. The van der Waals surface area contributed by atoms with E-state index < -0.39 is 5.92 Å². The van der Waals surface area contributed by atoms with Crippen LogP contribution in [-0.4, -0.2) is 33.2 Å². The van der Waals surface area contributed by atoms with Gasteiger partial charge in [-0.15, -0.1) is 0 Å². The van der Waals surface area contributed by atoms with Gasteiger partial charge in [-0.2, -0.15) is 0 Å². The molecule has 0 saturated carbocycles. The maximum atomic E-state index is 12.9. The molecule has 7 nitrogen and oxygen atoms in total. The molecule has 1 aliphatic heterocycles. The van der Waals surface area contributed by atoms with Gasteiger partial charge in [-0.3, -0.25) is 9.59 Å². The summed E-state index contributed by atoms with van der Waals surface area (Å²) in [4.78, 5) is 35.8. The third kappa shape index (κ3) is 4.94. The summed E-state index contributed by atoms with van der Waals surface area (Å²) in [5, 5.41) is 2.91. The summed E-state index contributed by atoms with van der Waals surface area (Å²) in [7, 11) is 0. The van der Waals surface area contributed by atoms with Gasteiger partial charge in [0.1, 0.15) is 5.75 Å². The van der Waals surface area contributed by atoms with Gasteiger partial charge in [-0.25, -0.2) is 9.97 Å². The Balaban J connectivity index is 1.41. The second kappa shape index (κ2) is 9.18. The Bertz CT molecular complexity index is 1110. The number of hydrogen-bond donors (Lipinski definition) is 1. The minimum Gasteiger partial charge on any atom is -0.424 e. The number of nitrogens with zero attached hydrogens (tertiary/aromatic N) is 3. The summed E-state index contributed by atoms with van der Waals surface area (Å²) in [5.41, 5.74) is 3.29. The standard InChI is InChI=1S/C25H26N4O3/c1-16-12-17(2)27-25(26-16)32-22-11-7-10-21(14-22)28-24(31)20-13-23(30)29(15-20)18(3)19-8-5-4-6-9-19/h4-12,14,18,20H,13,15H2,1-3H3,(H,28,31). The quantitative estimate of drug-likeness (QED) is 0.625. The summed E-state index contributed by atoms with van der Waals surface area (Å²) in [5.74, 6) is -0.0675. The highest BCUT2D eigenvalue weighted by molar-refractivity contribution is 5.97. The van der Waals surface area contributed by atoms with Crippen LogP contribution in [0.1, 0.15) is 36.3 Å². The Morgan fingerprint density at radius 1 is 1.06 bits per heavy atom. The molecular weight excluding hydrogens is 404 g/mol. The molecule has 0 spiro atoms. The molecule has 0 radical (unpaired) electrons. The van der Waals surface area contributed by atoms with Gasteiger partial charge in [-0.1, -0.05) is 36.4 Å². The molecule has 1 aromatic heterocycles. The van der Waals surface area contributed by atoms with Crippen LogP contribution in [0.5, 0.6) is 11.8 Å². The molecule has 32 heavy (non-hydrogen) atoms. The Morgan fingerprint density at radius 3 is 2.50 bits per heavy atom. The maximum absolute atomic E-state index is 12.9. The molecular formula is C25H26N4O3. The summed E-state index contributed by atoms with van der Waals surface area (Å²) in [6.07, 6.45) is 0.204. The van der Waals surface area contributed by atoms with Crippen LogP contribution in [0, 0.1) is 19.8 Å². The van der Waals surface area contributed by atoms with Crippen molar-refractivity contribution in [1.29, 1.82) is 0 Å². The first-order valence-electron chi connectivity index (χ1n) is 10.6. The smallest absolute Gasteiger partial charge is 0.322 e. The van der Waals surface area contributed by atoms with Crippen LogP contribution in [0.4, 0.5) is 5.69 Å². The zero-order valence-corrected chi connectivity index (χ0v) is 18.4. The number of ether oxygens (including phenoxy) is 1. The average Bonchev–Trinajstić information content (AvgIpc) is 3.15. The fraction of sp³-hybridized carbons (Fsp3) is 0.280. The van der Waals surface area contributed by atoms with Gasteiger partial charge in [0, 0.05) is 36.1 Å². The van der Waals surface area contributed by atoms with Gasteiger partial charge in [0.2, 0.25) is 11.8 Å². The Kier molecular flexibility index (Phi) is 6.16. The number of amides is 2. The minimum atomic E-state index is -0.402. The average molecular weight is 431 g/mol. The Labute approximate surface area is 187 Å². The van der Waals surface area contributed by atoms with E-state index in [1.54, 1.807) is 29.2 Å². The van der Waals surface area contributed by atoms with Crippen molar-refractivity contribution in [3.63, 3.8) is 0 Å². The lowest BCUT2D eigenvalue weighted by molar-refractivity contribution is -0.129. The number of anilines is 1. The number of carbonyl (C=O) groups excluding carboxylic acids is 2. The molecule has 3 aromatic rings. The molecule has 164 valence electrons. The molecule has 1 N–H and O–H groups in total. The van der Waals surface area contributed by atoms with E-state index >= 15 is 0 Å². The maximum Gasteiger partial charge on any atom is 0.322 e.